The van der Waals surface area contributed by atoms with Crippen molar-refractivity contribution in [1.82, 2.24) is 5.32 Å². The smallest absolute Gasteiger partial charge is 0.255 e. The lowest BCUT2D eigenvalue weighted by molar-refractivity contribution is 0.0951. The van der Waals surface area contributed by atoms with E-state index in [2.05, 4.69) is 31.4 Å². The van der Waals surface area contributed by atoms with E-state index in [-0.39, 0.29) is 22.5 Å². The Kier molecular flexibility index (Phi) is 7.51. The lowest BCUT2D eigenvalue weighted by atomic mass is 9.79. The van der Waals surface area contributed by atoms with E-state index >= 15 is 0 Å². The van der Waals surface area contributed by atoms with E-state index in [0.29, 0.717) is 24.4 Å². The van der Waals surface area contributed by atoms with Gasteiger partial charge in [0.25, 0.3) is 5.91 Å². The Morgan fingerprint density at radius 3 is 2.24 bits per heavy atom. The van der Waals surface area contributed by atoms with Crippen molar-refractivity contribution in [2.45, 2.75) is 58.8 Å². The van der Waals surface area contributed by atoms with E-state index in [4.69, 9.17) is 5.41 Å². The molecule has 0 saturated heterocycles. The van der Waals surface area contributed by atoms with E-state index in [0.717, 1.165) is 27.3 Å². The number of amidine groups is 1. The average Bonchev–Trinajstić information content (AvgIpc) is 3.28. The van der Waals surface area contributed by atoms with Gasteiger partial charge < -0.3 is 15.7 Å². The molecule has 0 radical (unpaired) electrons. The molecule has 1 amide bonds. The molecule has 3 rings (SSSR count). The van der Waals surface area contributed by atoms with Crippen LogP contribution in [0.25, 0.3) is 0 Å². The number of anilines is 1. The zero-order valence-electron chi connectivity index (χ0n) is 20.9. The van der Waals surface area contributed by atoms with Crippen LogP contribution in [0.1, 0.15) is 73.5 Å². The predicted octanol–water partition coefficient (Wildman–Crippen LogP) is 6.46. The number of benzene rings is 2. The minimum absolute atomic E-state index is 0.0571. The van der Waals surface area contributed by atoms with Gasteiger partial charge in [0.2, 0.25) is 0 Å². The summed E-state index contributed by atoms with van der Waals surface area (Å²) in [4.78, 5) is 13.9. The Morgan fingerprint density at radius 1 is 1.00 bits per heavy atom. The first-order chi connectivity index (χ1) is 15.9. The number of thiophene rings is 1. The highest BCUT2D eigenvalue weighted by molar-refractivity contribution is 7.12. The number of carbonyl (C=O) groups excluding carboxylic acids is 1. The van der Waals surface area contributed by atoms with E-state index in [1.54, 1.807) is 0 Å². The highest BCUT2D eigenvalue weighted by atomic mass is 32.1. The van der Waals surface area contributed by atoms with Gasteiger partial charge in [-0.3, -0.25) is 10.2 Å². The zero-order chi connectivity index (χ0) is 25.1. The van der Waals surface area contributed by atoms with Crippen molar-refractivity contribution < 1.29 is 9.90 Å². The van der Waals surface area contributed by atoms with Gasteiger partial charge in [0.1, 0.15) is 11.6 Å². The fraction of sp³-hybridized carbons (Fsp3) is 0.357. The lowest BCUT2D eigenvalue weighted by Gasteiger charge is -2.27. The van der Waals surface area contributed by atoms with Gasteiger partial charge in [-0.1, -0.05) is 65.8 Å². The number of amides is 1. The maximum Gasteiger partial charge on any atom is 0.255 e. The van der Waals surface area contributed by atoms with Gasteiger partial charge in [0, 0.05) is 17.8 Å². The summed E-state index contributed by atoms with van der Waals surface area (Å²) >= 11 is 1.53. The maximum absolute atomic E-state index is 13.0. The quantitative estimate of drug-likeness (QED) is 0.243. The first kappa shape index (κ1) is 25.5. The number of aromatic hydroxyl groups is 1. The molecule has 1 aromatic heterocycles. The van der Waals surface area contributed by atoms with Crippen molar-refractivity contribution in [2.75, 3.05) is 11.9 Å². The molecule has 0 aliphatic rings. The van der Waals surface area contributed by atoms with Crippen molar-refractivity contribution in [1.29, 1.82) is 5.41 Å². The second kappa shape index (κ2) is 10.0. The summed E-state index contributed by atoms with van der Waals surface area (Å²) in [5.41, 5.74) is 3.64. The fourth-order valence-electron chi connectivity index (χ4n) is 3.61. The molecule has 0 spiro atoms. The molecule has 180 valence electrons. The molecule has 0 unspecified atom stereocenters. The first-order valence-corrected chi connectivity index (χ1v) is 12.4. The summed E-state index contributed by atoms with van der Waals surface area (Å²) in [6, 6.07) is 15.5. The molecule has 3 aromatic rings. The van der Waals surface area contributed by atoms with Gasteiger partial charge in [-0.15, -0.1) is 11.3 Å². The van der Waals surface area contributed by atoms with Crippen LogP contribution in [0.4, 0.5) is 5.69 Å². The minimum Gasteiger partial charge on any atom is -0.507 e. The Hall–Kier alpha value is -3.12. The van der Waals surface area contributed by atoms with E-state index in [9.17, 15) is 9.90 Å². The molecule has 6 heteroatoms. The van der Waals surface area contributed by atoms with Crippen LogP contribution in [0.15, 0.2) is 53.9 Å². The highest BCUT2D eigenvalue weighted by Gasteiger charge is 2.27. The van der Waals surface area contributed by atoms with Crippen LogP contribution < -0.4 is 10.6 Å². The van der Waals surface area contributed by atoms with Crippen LogP contribution >= 0.6 is 11.3 Å². The zero-order valence-corrected chi connectivity index (χ0v) is 21.7. The standard InChI is InChI=1S/C28H35N3O2S/c1-27(2,3)19-16-21(24(32)22(17-19)28(4,5)6)26(33)30-14-13-18-9-11-20(12-10-18)31-25(29)23-8-7-15-34-23/h7-12,15-17,32H,13-14H2,1-6H3,(H2,29,31)(H,30,33). The third kappa shape index (κ3) is 6.26. The third-order valence-corrected chi connectivity index (χ3v) is 6.61. The number of carbonyl (C=O) groups is 1. The van der Waals surface area contributed by atoms with Gasteiger partial charge in [-0.05, 0) is 58.0 Å². The molecule has 34 heavy (non-hydrogen) atoms. The van der Waals surface area contributed by atoms with Crippen LogP contribution in [-0.4, -0.2) is 23.4 Å². The van der Waals surface area contributed by atoms with Crippen LogP contribution in [0.5, 0.6) is 5.75 Å². The number of phenolic OH excluding ortho intramolecular Hbond substituents is 1. The van der Waals surface area contributed by atoms with Gasteiger partial charge in [-0.2, -0.15) is 0 Å². The normalized spacial score (nSPS) is 11.8. The molecule has 0 aliphatic heterocycles. The van der Waals surface area contributed by atoms with E-state index < -0.39 is 0 Å². The van der Waals surface area contributed by atoms with E-state index in [1.807, 2.05) is 74.7 Å². The molecule has 0 bridgehead atoms. The summed E-state index contributed by atoms with van der Waals surface area (Å²) in [5, 5.41) is 27.0. The average molecular weight is 478 g/mol. The fourth-order valence-corrected chi connectivity index (χ4v) is 4.24. The molecule has 5 nitrogen and oxygen atoms in total. The van der Waals surface area contributed by atoms with Crippen molar-refractivity contribution in [3.8, 4) is 5.75 Å². The van der Waals surface area contributed by atoms with Crippen molar-refractivity contribution in [3.63, 3.8) is 0 Å². The Morgan fingerprint density at radius 2 is 1.68 bits per heavy atom. The van der Waals surface area contributed by atoms with Crippen molar-refractivity contribution in [2.24, 2.45) is 0 Å². The molecule has 0 atom stereocenters. The summed E-state index contributed by atoms with van der Waals surface area (Å²) in [6.07, 6.45) is 0.667. The van der Waals surface area contributed by atoms with Gasteiger partial charge >= 0.3 is 0 Å². The predicted molar refractivity (Wildman–Crippen MR) is 143 cm³/mol. The number of phenols is 1. The Labute approximate surface area is 206 Å². The third-order valence-electron chi connectivity index (χ3n) is 5.72. The summed E-state index contributed by atoms with van der Waals surface area (Å²) < 4.78 is 0. The highest BCUT2D eigenvalue weighted by Crippen LogP contribution is 2.37. The molecule has 2 aromatic carbocycles. The summed E-state index contributed by atoms with van der Waals surface area (Å²) in [7, 11) is 0. The van der Waals surface area contributed by atoms with E-state index in [1.165, 1.54) is 11.3 Å². The SMILES string of the molecule is CC(C)(C)c1cc(C(=O)NCCc2ccc(NC(=N)c3cccs3)cc2)c(O)c(C(C)(C)C)c1. The molecule has 0 saturated carbocycles. The first-order valence-electron chi connectivity index (χ1n) is 11.5. The molecule has 0 aliphatic carbocycles. The number of hydrogen-bond donors (Lipinski definition) is 4. The molecular weight excluding hydrogens is 442 g/mol. The van der Waals surface area contributed by atoms with Crippen LogP contribution in [-0.2, 0) is 17.3 Å². The van der Waals surface area contributed by atoms with Crippen molar-refractivity contribution >= 4 is 28.8 Å². The number of rotatable bonds is 6. The Balaban J connectivity index is 1.65. The molecule has 4 N–H and O–H groups in total. The Bertz CT molecular complexity index is 1150. The lowest BCUT2D eigenvalue weighted by Crippen LogP contribution is -2.27. The number of nitrogens with one attached hydrogen (secondary N) is 3. The largest absolute Gasteiger partial charge is 0.507 e. The minimum atomic E-state index is -0.282. The topological polar surface area (TPSA) is 85.2 Å². The number of hydrogen-bond acceptors (Lipinski definition) is 4. The summed E-state index contributed by atoms with van der Waals surface area (Å²) in [5.74, 6) is 0.167. The second-order valence-electron chi connectivity index (χ2n) is 10.6. The van der Waals surface area contributed by atoms with Gasteiger partial charge in [-0.25, -0.2) is 0 Å². The van der Waals surface area contributed by atoms with Crippen LogP contribution in [0.2, 0.25) is 0 Å². The monoisotopic (exact) mass is 477 g/mol. The second-order valence-corrected chi connectivity index (χ2v) is 11.5. The molecule has 1 heterocycles. The molecule has 0 fully saturated rings. The van der Waals surface area contributed by atoms with Gasteiger partial charge in [0.05, 0.1) is 10.4 Å². The molecular formula is C28H35N3O2S. The van der Waals surface area contributed by atoms with Gasteiger partial charge in [0.15, 0.2) is 0 Å². The maximum atomic E-state index is 13.0. The summed E-state index contributed by atoms with van der Waals surface area (Å²) in [6.45, 7) is 12.9. The van der Waals surface area contributed by atoms with Crippen LogP contribution in [0, 0.1) is 5.41 Å². The van der Waals surface area contributed by atoms with Crippen molar-refractivity contribution in [3.05, 3.63) is 81.0 Å². The van der Waals surface area contributed by atoms with Crippen LogP contribution in [0.3, 0.4) is 0 Å².